The molecule has 0 bridgehead atoms. The predicted octanol–water partition coefficient (Wildman–Crippen LogP) is 1.97. The average Bonchev–Trinajstić information content (AvgIpc) is 2.50. The summed E-state index contributed by atoms with van der Waals surface area (Å²) < 4.78 is 0. The largest absolute Gasteiger partial charge is 0.480 e. The summed E-state index contributed by atoms with van der Waals surface area (Å²) in [6.45, 7) is -0.529. The number of hydrogen-bond donors (Lipinski definition) is 2. The molecule has 0 saturated heterocycles. The van der Waals surface area contributed by atoms with Crippen molar-refractivity contribution in [1.82, 2.24) is 0 Å². The van der Waals surface area contributed by atoms with E-state index in [2.05, 4.69) is 4.99 Å². The van der Waals surface area contributed by atoms with E-state index < -0.39 is 18.6 Å². The van der Waals surface area contributed by atoms with Gasteiger partial charge in [-0.1, -0.05) is 60.7 Å². The maximum absolute atomic E-state index is 11.1. The Kier molecular flexibility index (Phi) is 4.63. The Morgan fingerprint density at radius 2 is 1.40 bits per heavy atom. The van der Waals surface area contributed by atoms with Crippen LogP contribution in [0.4, 0.5) is 0 Å². The third-order valence-corrected chi connectivity index (χ3v) is 2.84. The molecule has 1 atom stereocenters. The molecule has 0 aromatic heterocycles. The Bertz CT molecular complexity index is 552. The van der Waals surface area contributed by atoms with Crippen LogP contribution in [0.25, 0.3) is 0 Å². The van der Waals surface area contributed by atoms with Crippen molar-refractivity contribution >= 4 is 11.7 Å². The number of nitrogens with zero attached hydrogens (tertiary/aromatic N) is 1. The Morgan fingerprint density at radius 1 is 0.950 bits per heavy atom. The van der Waals surface area contributed by atoms with E-state index in [0.29, 0.717) is 5.71 Å². The van der Waals surface area contributed by atoms with Gasteiger partial charge in [0.05, 0.1) is 12.3 Å². The first-order valence-corrected chi connectivity index (χ1v) is 6.24. The lowest BCUT2D eigenvalue weighted by molar-refractivity contribution is -0.139. The molecular formula is C16H15NO3. The first kappa shape index (κ1) is 14.0. The Morgan fingerprint density at radius 3 is 1.75 bits per heavy atom. The summed E-state index contributed by atoms with van der Waals surface area (Å²) in [7, 11) is 0. The molecule has 102 valence electrons. The average molecular weight is 269 g/mol. The van der Waals surface area contributed by atoms with Crippen molar-refractivity contribution in [3.05, 3.63) is 71.8 Å². The molecule has 0 amide bonds. The first-order valence-electron chi connectivity index (χ1n) is 6.24. The van der Waals surface area contributed by atoms with Gasteiger partial charge in [-0.15, -0.1) is 0 Å². The molecule has 0 fully saturated rings. The van der Waals surface area contributed by atoms with Crippen molar-refractivity contribution in [2.24, 2.45) is 4.99 Å². The van der Waals surface area contributed by atoms with E-state index in [0.717, 1.165) is 11.1 Å². The second kappa shape index (κ2) is 6.63. The van der Waals surface area contributed by atoms with Crippen molar-refractivity contribution in [2.45, 2.75) is 6.04 Å². The maximum atomic E-state index is 11.1. The zero-order valence-electron chi connectivity index (χ0n) is 10.8. The normalized spacial score (nSPS) is 11.7. The van der Waals surface area contributed by atoms with Crippen LogP contribution in [0.5, 0.6) is 0 Å². The molecule has 20 heavy (non-hydrogen) atoms. The number of aliphatic hydroxyl groups excluding tert-OH is 1. The van der Waals surface area contributed by atoms with Crippen LogP contribution in [0, 0.1) is 0 Å². The summed E-state index contributed by atoms with van der Waals surface area (Å²) >= 11 is 0. The summed E-state index contributed by atoms with van der Waals surface area (Å²) in [5.41, 5.74) is 2.20. The quantitative estimate of drug-likeness (QED) is 0.815. The van der Waals surface area contributed by atoms with E-state index in [-0.39, 0.29) is 0 Å². The molecule has 0 heterocycles. The number of aliphatic carboxylic acids is 1. The smallest absolute Gasteiger partial charge is 0.330 e. The number of hydrogen-bond acceptors (Lipinski definition) is 3. The number of aliphatic hydroxyl groups is 1. The van der Waals surface area contributed by atoms with Crippen molar-refractivity contribution in [3.8, 4) is 0 Å². The van der Waals surface area contributed by atoms with Gasteiger partial charge < -0.3 is 10.2 Å². The molecule has 0 radical (unpaired) electrons. The van der Waals surface area contributed by atoms with E-state index in [9.17, 15) is 4.79 Å². The SMILES string of the molecule is O=C(O)[C@H](CO)N=C(c1ccccc1)c1ccccc1. The highest BCUT2D eigenvalue weighted by Crippen LogP contribution is 2.12. The summed E-state index contributed by atoms with van der Waals surface area (Å²) in [5.74, 6) is -1.14. The molecule has 4 heteroatoms. The van der Waals surface area contributed by atoms with Crippen molar-refractivity contribution in [1.29, 1.82) is 0 Å². The highest BCUT2D eigenvalue weighted by atomic mass is 16.4. The van der Waals surface area contributed by atoms with E-state index in [4.69, 9.17) is 10.2 Å². The molecule has 2 rings (SSSR count). The molecule has 0 saturated carbocycles. The van der Waals surface area contributed by atoms with Crippen molar-refractivity contribution in [3.63, 3.8) is 0 Å². The molecular weight excluding hydrogens is 254 g/mol. The monoisotopic (exact) mass is 269 g/mol. The predicted molar refractivity (Wildman–Crippen MR) is 77.0 cm³/mol. The van der Waals surface area contributed by atoms with Crippen LogP contribution in [-0.4, -0.2) is 34.5 Å². The van der Waals surface area contributed by atoms with Gasteiger partial charge in [0, 0.05) is 11.1 Å². The number of carbonyl (C=O) groups is 1. The summed E-state index contributed by atoms with van der Waals surface area (Å²) in [5, 5.41) is 18.2. The molecule has 0 aliphatic carbocycles. The van der Waals surface area contributed by atoms with Crippen LogP contribution in [0.2, 0.25) is 0 Å². The molecule has 4 nitrogen and oxygen atoms in total. The Balaban J connectivity index is 2.50. The zero-order valence-corrected chi connectivity index (χ0v) is 10.8. The number of carboxylic acid groups (broad SMARTS) is 1. The summed E-state index contributed by atoms with van der Waals surface area (Å²) in [6, 6.07) is 17.5. The molecule has 0 aliphatic rings. The van der Waals surface area contributed by atoms with Gasteiger partial charge in [0.1, 0.15) is 0 Å². The van der Waals surface area contributed by atoms with Gasteiger partial charge in [-0.25, -0.2) is 4.79 Å². The van der Waals surface area contributed by atoms with E-state index >= 15 is 0 Å². The minimum atomic E-state index is -1.16. The van der Waals surface area contributed by atoms with Crippen molar-refractivity contribution in [2.75, 3.05) is 6.61 Å². The third-order valence-electron chi connectivity index (χ3n) is 2.84. The fourth-order valence-corrected chi connectivity index (χ4v) is 1.84. The van der Waals surface area contributed by atoms with Gasteiger partial charge in [-0.3, -0.25) is 4.99 Å². The molecule has 2 N–H and O–H groups in total. The molecule has 0 aliphatic heterocycles. The Labute approximate surface area is 117 Å². The van der Waals surface area contributed by atoms with Gasteiger partial charge in [0.2, 0.25) is 0 Å². The molecule has 2 aromatic carbocycles. The zero-order chi connectivity index (χ0) is 14.4. The second-order valence-electron chi connectivity index (χ2n) is 4.25. The number of benzene rings is 2. The number of carboxylic acids is 1. The van der Waals surface area contributed by atoms with Gasteiger partial charge in [0.15, 0.2) is 6.04 Å². The number of rotatable bonds is 5. The van der Waals surface area contributed by atoms with Crippen LogP contribution in [0.1, 0.15) is 11.1 Å². The minimum Gasteiger partial charge on any atom is -0.480 e. The van der Waals surface area contributed by atoms with E-state index in [1.165, 1.54) is 0 Å². The number of aliphatic imine (C=N–C) groups is 1. The fourth-order valence-electron chi connectivity index (χ4n) is 1.84. The summed E-state index contributed by atoms with van der Waals surface area (Å²) in [4.78, 5) is 15.3. The lowest BCUT2D eigenvalue weighted by atomic mass is 10.0. The lowest BCUT2D eigenvalue weighted by Gasteiger charge is -2.10. The minimum absolute atomic E-state index is 0.529. The first-order chi connectivity index (χ1) is 9.72. The summed E-state index contributed by atoms with van der Waals surface area (Å²) in [6.07, 6.45) is 0. The van der Waals surface area contributed by atoms with Crippen LogP contribution in [-0.2, 0) is 4.79 Å². The van der Waals surface area contributed by atoms with Crippen LogP contribution >= 0.6 is 0 Å². The molecule has 0 unspecified atom stereocenters. The Hall–Kier alpha value is -2.46. The van der Waals surface area contributed by atoms with Gasteiger partial charge in [0.25, 0.3) is 0 Å². The topological polar surface area (TPSA) is 69.9 Å². The fraction of sp³-hybridized carbons (Fsp3) is 0.125. The van der Waals surface area contributed by atoms with Crippen molar-refractivity contribution < 1.29 is 15.0 Å². The van der Waals surface area contributed by atoms with Gasteiger partial charge >= 0.3 is 5.97 Å². The molecule has 2 aromatic rings. The maximum Gasteiger partial charge on any atom is 0.330 e. The highest BCUT2D eigenvalue weighted by Gasteiger charge is 2.17. The highest BCUT2D eigenvalue weighted by molar-refractivity contribution is 6.13. The van der Waals surface area contributed by atoms with Crippen LogP contribution in [0.3, 0.4) is 0 Å². The standard InChI is InChI=1S/C16H15NO3/c18-11-14(16(19)20)17-15(12-7-3-1-4-8-12)13-9-5-2-6-10-13/h1-10,14,18H,11H2,(H,19,20)/t14-/m0/s1. The van der Waals surface area contributed by atoms with E-state index in [1.54, 1.807) is 0 Å². The van der Waals surface area contributed by atoms with Gasteiger partial charge in [-0.05, 0) is 0 Å². The second-order valence-corrected chi connectivity index (χ2v) is 4.25. The third kappa shape index (κ3) is 3.30. The van der Waals surface area contributed by atoms with Crippen LogP contribution in [0.15, 0.2) is 65.7 Å². The van der Waals surface area contributed by atoms with Crippen LogP contribution < -0.4 is 0 Å². The molecule has 0 spiro atoms. The lowest BCUT2D eigenvalue weighted by Crippen LogP contribution is -2.24. The van der Waals surface area contributed by atoms with E-state index in [1.807, 2.05) is 60.7 Å². The van der Waals surface area contributed by atoms with Gasteiger partial charge in [-0.2, -0.15) is 0 Å².